The average Bonchev–Trinajstić information content (AvgIpc) is 2.63. The third kappa shape index (κ3) is 4.23. The standard InChI is InChI=1S/C18H23N5O2/c1-12-6-7-15(19-10-12)21-17(24)14-5-4-8-23(11-14)18-20-13(2)9-16(22-18)25-3/h6-7,9-10,14H,4-5,8,11H2,1-3H3,(H,19,21,24). The number of rotatable bonds is 4. The van der Waals surface area contributed by atoms with Gasteiger partial charge in [-0.1, -0.05) is 6.07 Å². The molecule has 0 bridgehead atoms. The van der Waals surface area contributed by atoms with Crippen LogP contribution in [-0.4, -0.2) is 41.1 Å². The average molecular weight is 341 g/mol. The summed E-state index contributed by atoms with van der Waals surface area (Å²) in [5.74, 6) is 1.61. The van der Waals surface area contributed by atoms with E-state index in [1.54, 1.807) is 19.4 Å². The predicted molar refractivity (Wildman–Crippen MR) is 95.9 cm³/mol. The molecule has 0 saturated carbocycles. The molecule has 1 N–H and O–H groups in total. The van der Waals surface area contributed by atoms with Gasteiger partial charge in [0, 0.05) is 31.0 Å². The second kappa shape index (κ2) is 7.46. The molecule has 2 aromatic rings. The van der Waals surface area contributed by atoms with Gasteiger partial charge in [-0.3, -0.25) is 4.79 Å². The lowest BCUT2D eigenvalue weighted by Crippen LogP contribution is -2.41. The van der Waals surface area contributed by atoms with Gasteiger partial charge in [0.05, 0.1) is 13.0 Å². The number of carbonyl (C=O) groups excluding carboxylic acids is 1. The lowest BCUT2D eigenvalue weighted by molar-refractivity contribution is -0.120. The normalized spacial score (nSPS) is 17.2. The van der Waals surface area contributed by atoms with E-state index in [1.807, 2.05) is 30.9 Å². The number of carbonyl (C=O) groups is 1. The number of anilines is 2. The molecule has 2 aromatic heterocycles. The van der Waals surface area contributed by atoms with E-state index in [2.05, 4.69) is 20.3 Å². The van der Waals surface area contributed by atoms with Gasteiger partial charge in [0.2, 0.25) is 17.7 Å². The molecule has 1 aliphatic heterocycles. The van der Waals surface area contributed by atoms with Crippen molar-refractivity contribution in [3.8, 4) is 5.88 Å². The molecule has 7 nitrogen and oxygen atoms in total. The van der Waals surface area contributed by atoms with E-state index in [0.29, 0.717) is 24.2 Å². The van der Waals surface area contributed by atoms with E-state index in [0.717, 1.165) is 30.6 Å². The van der Waals surface area contributed by atoms with Crippen LogP contribution in [0.3, 0.4) is 0 Å². The van der Waals surface area contributed by atoms with Gasteiger partial charge in [0.1, 0.15) is 5.82 Å². The van der Waals surface area contributed by atoms with Crippen molar-refractivity contribution >= 4 is 17.7 Å². The molecule has 1 amide bonds. The van der Waals surface area contributed by atoms with Crippen LogP contribution < -0.4 is 15.0 Å². The van der Waals surface area contributed by atoms with Crippen LogP contribution in [0.1, 0.15) is 24.1 Å². The molecule has 25 heavy (non-hydrogen) atoms. The number of aryl methyl sites for hydroxylation is 2. The van der Waals surface area contributed by atoms with E-state index in [9.17, 15) is 4.79 Å². The van der Waals surface area contributed by atoms with Gasteiger partial charge < -0.3 is 15.0 Å². The maximum atomic E-state index is 12.6. The second-order valence-corrected chi connectivity index (χ2v) is 6.35. The van der Waals surface area contributed by atoms with Gasteiger partial charge in [0.25, 0.3) is 0 Å². The van der Waals surface area contributed by atoms with Crippen molar-refractivity contribution in [3.05, 3.63) is 35.7 Å². The Morgan fingerprint density at radius 1 is 1.32 bits per heavy atom. The fourth-order valence-corrected chi connectivity index (χ4v) is 2.91. The van der Waals surface area contributed by atoms with Gasteiger partial charge >= 0.3 is 0 Å². The van der Waals surface area contributed by atoms with E-state index < -0.39 is 0 Å². The van der Waals surface area contributed by atoms with Gasteiger partial charge in [-0.05, 0) is 38.3 Å². The van der Waals surface area contributed by atoms with Crippen molar-refractivity contribution < 1.29 is 9.53 Å². The van der Waals surface area contributed by atoms with E-state index in [4.69, 9.17) is 4.74 Å². The summed E-state index contributed by atoms with van der Waals surface area (Å²) in [5, 5.41) is 2.90. The number of nitrogens with one attached hydrogen (secondary N) is 1. The fourth-order valence-electron chi connectivity index (χ4n) is 2.91. The van der Waals surface area contributed by atoms with Gasteiger partial charge in [-0.25, -0.2) is 9.97 Å². The third-order valence-electron chi connectivity index (χ3n) is 4.27. The maximum absolute atomic E-state index is 12.6. The summed E-state index contributed by atoms with van der Waals surface area (Å²) in [6.07, 6.45) is 3.51. The summed E-state index contributed by atoms with van der Waals surface area (Å²) in [6.45, 7) is 5.29. The minimum absolute atomic E-state index is 0.0133. The first-order valence-electron chi connectivity index (χ1n) is 8.43. The zero-order chi connectivity index (χ0) is 17.8. The van der Waals surface area contributed by atoms with Crippen molar-refractivity contribution in [1.29, 1.82) is 0 Å². The molecule has 0 aromatic carbocycles. The summed E-state index contributed by atoms with van der Waals surface area (Å²) in [7, 11) is 1.59. The Kier molecular flexibility index (Phi) is 5.11. The predicted octanol–water partition coefficient (Wildman–Crippen LogP) is 2.35. The Balaban J connectivity index is 1.69. The Labute approximate surface area is 147 Å². The number of hydrogen-bond donors (Lipinski definition) is 1. The zero-order valence-electron chi connectivity index (χ0n) is 14.8. The van der Waals surface area contributed by atoms with Crippen LogP contribution in [0.2, 0.25) is 0 Å². The molecule has 0 radical (unpaired) electrons. The summed E-state index contributed by atoms with van der Waals surface area (Å²) >= 11 is 0. The topological polar surface area (TPSA) is 80.2 Å². The van der Waals surface area contributed by atoms with Crippen molar-refractivity contribution in [3.63, 3.8) is 0 Å². The lowest BCUT2D eigenvalue weighted by atomic mass is 9.97. The molecular weight excluding hydrogens is 318 g/mol. The summed E-state index contributed by atoms with van der Waals surface area (Å²) in [5.41, 5.74) is 1.91. The number of ether oxygens (including phenoxy) is 1. The molecule has 1 unspecified atom stereocenters. The van der Waals surface area contributed by atoms with Crippen LogP contribution in [0.25, 0.3) is 0 Å². The third-order valence-corrected chi connectivity index (χ3v) is 4.27. The van der Waals surface area contributed by atoms with Crippen LogP contribution >= 0.6 is 0 Å². The summed E-state index contributed by atoms with van der Waals surface area (Å²) in [6, 6.07) is 5.55. The summed E-state index contributed by atoms with van der Waals surface area (Å²) < 4.78 is 5.22. The highest BCUT2D eigenvalue weighted by atomic mass is 16.5. The minimum Gasteiger partial charge on any atom is -0.481 e. The molecule has 1 aliphatic rings. The largest absolute Gasteiger partial charge is 0.481 e. The Bertz CT molecular complexity index is 748. The monoisotopic (exact) mass is 341 g/mol. The minimum atomic E-state index is -0.119. The molecule has 3 rings (SSSR count). The number of pyridine rings is 1. The molecule has 3 heterocycles. The summed E-state index contributed by atoms with van der Waals surface area (Å²) in [4.78, 5) is 27.8. The van der Waals surface area contributed by atoms with Crippen LogP contribution in [-0.2, 0) is 4.79 Å². The quantitative estimate of drug-likeness (QED) is 0.919. The highest BCUT2D eigenvalue weighted by Gasteiger charge is 2.27. The highest BCUT2D eigenvalue weighted by molar-refractivity contribution is 5.92. The van der Waals surface area contributed by atoms with Gasteiger partial charge in [-0.2, -0.15) is 4.98 Å². The number of nitrogens with zero attached hydrogens (tertiary/aromatic N) is 4. The van der Waals surface area contributed by atoms with Crippen LogP contribution in [0, 0.1) is 19.8 Å². The van der Waals surface area contributed by atoms with Crippen LogP contribution in [0.15, 0.2) is 24.4 Å². The first-order chi connectivity index (χ1) is 12.0. The molecule has 7 heteroatoms. The zero-order valence-corrected chi connectivity index (χ0v) is 14.8. The van der Waals surface area contributed by atoms with Crippen molar-refractivity contribution in [2.45, 2.75) is 26.7 Å². The second-order valence-electron chi connectivity index (χ2n) is 6.35. The number of aromatic nitrogens is 3. The first kappa shape index (κ1) is 17.1. The molecule has 132 valence electrons. The maximum Gasteiger partial charge on any atom is 0.230 e. The number of amides is 1. The highest BCUT2D eigenvalue weighted by Crippen LogP contribution is 2.23. The van der Waals surface area contributed by atoms with E-state index in [-0.39, 0.29) is 11.8 Å². The van der Waals surface area contributed by atoms with E-state index in [1.165, 1.54) is 0 Å². The molecule has 0 aliphatic carbocycles. The van der Waals surface area contributed by atoms with Crippen LogP contribution in [0.5, 0.6) is 5.88 Å². The van der Waals surface area contributed by atoms with Crippen molar-refractivity contribution in [1.82, 2.24) is 15.0 Å². The number of piperidine rings is 1. The Morgan fingerprint density at radius 3 is 2.88 bits per heavy atom. The molecular formula is C18H23N5O2. The van der Waals surface area contributed by atoms with Gasteiger partial charge in [-0.15, -0.1) is 0 Å². The van der Waals surface area contributed by atoms with E-state index >= 15 is 0 Å². The SMILES string of the molecule is COc1cc(C)nc(N2CCCC(C(=O)Nc3ccc(C)cn3)C2)n1. The Morgan fingerprint density at radius 2 is 2.16 bits per heavy atom. The molecule has 1 fully saturated rings. The number of methoxy groups -OCH3 is 1. The fraction of sp³-hybridized carbons (Fsp3) is 0.444. The molecule has 0 spiro atoms. The first-order valence-corrected chi connectivity index (χ1v) is 8.43. The van der Waals surface area contributed by atoms with Crippen LogP contribution in [0.4, 0.5) is 11.8 Å². The van der Waals surface area contributed by atoms with Gasteiger partial charge in [0.15, 0.2) is 0 Å². The molecule has 1 atom stereocenters. The Hall–Kier alpha value is -2.70. The van der Waals surface area contributed by atoms with Crippen molar-refractivity contribution in [2.75, 3.05) is 30.4 Å². The lowest BCUT2D eigenvalue weighted by Gasteiger charge is -2.32. The number of hydrogen-bond acceptors (Lipinski definition) is 6. The van der Waals surface area contributed by atoms with Crippen molar-refractivity contribution in [2.24, 2.45) is 5.92 Å². The smallest absolute Gasteiger partial charge is 0.230 e. The molecule has 1 saturated heterocycles.